The zero-order valence-corrected chi connectivity index (χ0v) is 22.7. The number of hydroxylamine groups is 1. The molecule has 0 aliphatic carbocycles. The number of pyridine rings is 1. The molecule has 2 aromatic heterocycles. The first-order valence-electron chi connectivity index (χ1n) is 13.1. The number of likely N-dealkylation sites (N-methyl/N-ethyl adjacent to an activating group) is 1. The molecule has 1 amide bonds. The van der Waals surface area contributed by atoms with Gasteiger partial charge in [-0.2, -0.15) is 0 Å². The first-order valence-corrected chi connectivity index (χ1v) is 14.5. The second-order valence-corrected chi connectivity index (χ2v) is 11.5. The highest BCUT2D eigenvalue weighted by atomic mass is 32.2. The fourth-order valence-electron chi connectivity index (χ4n) is 4.61. The molecule has 5 rings (SSSR count). The SMILES string of the molecule is CN1CCN(c2ncccc2-c2cccc(S(=O)(=O)n3ccc(C=CC(=O)NOC4CCCCO4)c3)c2)CC1. The van der Waals surface area contributed by atoms with Crippen molar-refractivity contribution in [1.82, 2.24) is 19.3 Å². The van der Waals surface area contributed by atoms with Gasteiger partial charge in [0, 0.05) is 69.4 Å². The molecular formula is C28H33N5O5S. The van der Waals surface area contributed by atoms with Crippen LogP contribution < -0.4 is 10.4 Å². The number of rotatable bonds is 8. The molecule has 1 unspecified atom stereocenters. The van der Waals surface area contributed by atoms with Crippen molar-refractivity contribution in [1.29, 1.82) is 0 Å². The van der Waals surface area contributed by atoms with Crippen LogP contribution in [0.2, 0.25) is 0 Å². The number of piperazine rings is 1. The van der Waals surface area contributed by atoms with Crippen LogP contribution in [-0.2, 0) is 24.4 Å². The van der Waals surface area contributed by atoms with Gasteiger partial charge in [-0.3, -0.25) is 4.79 Å². The first kappa shape index (κ1) is 27.1. The average Bonchev–Trinajstić information content (AvgIpc) is 3.46. The molecule has 2 aliphatic rings. The lowest BCUT2D eigenvalue weighted by Crippen LogP contribution is -2.45. The van der Waals surface area contributed by atoms with Gasteiger partial charge in [0.05, 0.1) is 4.90 Å². The molecule has 1 aromatic carbocycles. The van der Waals surface area contributed by atoms with E-state index in [-0.39, 0.29) is 4.90 Å². The summed E-state index contributed by atoms with van der Waals surface area (Å²) in [6.45, 7) is 4.21. The Morgan fingerprint density at radius 1 is 1.13 bits per heavy atom. The van der Waals surface area contributed by atoms with E-state index in [4.69, 9.17) is 9.57 Å². The molecule has 0 bridgehead atoms. The minimum atomic E-state index is -3.86. The van der Waals surface area contributed by atoms with Gasteiger partial charge in [-0.1, -0.05) is 12.1 Å². The normalized spacial score (nSPS) is 18.9. The van der Waals surface area contributed by atoms with Crippen molar-refractivity contribution in [2.45, 2.75) is 30.4 Å². The van der Waals surface area contributed by atoms with Gasteiger partial charge in [0.2, 0.25) is 0 Å². The zero-order chi connectivity index (χ0) is 27.2. The molecule has 206 valence electrons. The maximum Gasteiger partial charge on any atom is 0.267 e. The number of nitrogens with zero attached hydrogens (tertiary/aromatic N) is 4. The van der Waals surface area contributed by atoms with E-state index in [0.29, 0.717) is 12.2 Å². The molecule has 39 heavy (non-hydrogen) atoms. The van der Waals surface area contributed by atoms with E-state index in [9.17, 15) is 13.2 Å². The number of nitrogens with one attached hydrogen (secondary N) is 1. The number of hydrogen-bond acceptors (Lipinski definition) is 8. The van der Waals surface area contributed by atoms with Gasteiger partial charge < -0.3 is 14.5 Å². The number of carbonyl (C=O) groups excluding carboxylic acids is 1. The molecular weight excluding hydrogens is 518 g/mol. The summed E-state index contributed by atoms with van der Waals surface area (Å²) in [5, 5.41) is 0. The molecule has 4 heterocycles. The molecule has 0 saturated carbocycles. The lowest BCUT2D eigenvalue weighted by atomic mass is 10.1. The van der Waals surface area contributed by atoms with Crippen molar-refractivity contribution < 1.29 is 22.8 Å². The van der Waals surface area contributed by atoms with Crippen LogP contribution in [0.4, 0.5) is 5.82 Å². The standard InChI is InChI=1S/C28H33N5O5S/c1-31-15-17-32(18-16-31)28-25(8-5-13-29-28)23-6-4-7-24(20-23)39(35,36)33-14-12-22(21-33)10-11-26(34)30-38-27-9-2-3-19-37-27/h4-8,10-14,20-21,27H,2-3,9,15-19H2,1H3,(H,30,34). The summed E-state index contributed by atoms with van der Waals surface area (Å²) in [7, 11) is -1.76. The predicted octanol–water partition coefficient (Wildman–Crippen LogP) is 3.13. The largest absolute Gasteiger partial charge is 0.354 e. The minimum Gasteiger partial charge on any atom is -0.354 e. The molecule has 1 atom stereocenters. The monoisotopic (exact) mass is 551 g/mol. The Bertz CT molecular complexity index is 1420. The van der Waals surface area contributed by atoms with Crippen molar-refractivity contribution in [2.75, 3.05) is 44.7 Å². The Balaban J connectivity index is 1.30. The van der Waals surface area contributed by atoms with E-state index in [1.807, 2.05) is 18.2 Å². The summed E-state index contributed by atoms with van der Waals surface area (Å²) < 4.78 is 33.5. The van der Waals surface area contributed by atoms with Gasteiger partial charge in [0.1, 0.15) is 5.82 Å². The first-order chi connectivity index (χ1) is 18.9. The zero-order valence-electron chi connectivity index (χ0n) is 21.9. The number of benzene rings is 1. The molecule has 2 fully saturated rings. The van der Waals surface area contributed by atoms with Crippen LogP contribution in [0.3, 0.4) is 0 Å². The van der Waals surface area contributed by atoms with Crippen LogP contribution >= 0.6 is 0 Å². The lowest BCUT2D eigenvalue weighted by Gasteiger charge is -2.34. The summed E-state index contributed by atoms with van der Waals surface area (Å²) >= 11 is 0. The van der Waals surface area contributed by atoms with E-state index in [1.54, 1.807) is 30.5 Å². The van der Waals surface area contributed by atoms with Gasteiger partial charge >= 0.3 is 0 Å². The number of aromatic nitrogens is 2. The quantitative estimate of drug-likeness (QED) is 0.336. The summed E-state index contributed by atoms with van der Waals surface area (Å²) in [5.41, 5.74) is 4.58. The third-order valence-corrected chi connectivity index (χ3v) is 8.49. The minimum absolute atomic E-state index is 0.165. The third-order valence-electron chi connectivity index (χ3n) is 6.86. The van der Waals surface area contributed by atoms with Crippen LogP contribution in [0.5, 0.6) is 0 Å². The van der Waals surface area contributed by atoms with E-state index < -0.39 is 22.2 Å². The van der Waals surface area contributed by atoms with Crippen LogP contribution in [0, 0.1) is 0 Å². The number of amides is 1. The van der Waals surface area contributed by atoms with Crippen molar-refractivity contribution in [3.8, 4) is 11.1 Å². The van der Waals surface area contributed by atoms with Gasteiger partial charge in [-0.15, -0.1) is 0 Å². The van der Waals surface area contributed by atoms with Crippen molar-refractivity contribution in [3.05, 3.63) is 72.7 Å². The molecule has 2 saturated heterocycles. The fourth-order valence-corrected chi connectivity index (χ4v) is 5.86. The van der Waals surface area contributed by atoms with Gasteiger partial charge in [-0.05, 0) is 67.4 Å². The van der Waals surface area contributed by atoms with Gasteiger partial charge in [0.15, 0.2) is 6.29 Å². The molecule has 0 radical (unpaired) electrons. The van der Waals surface area contributed by atoms with E-state index in [2.05, 4.69) is 27.3 Å². The van der Waals surface area contributed by atoms with Crippen LogP contribution in [0.1, 0.15) is 24.8 Å². The Hall–Kier alpha value is -3.51. The highest BCUT2D eigenvalue weighted by Gasteiger charge is 2.21. The summed E-state index contributed by atoms with van der Waals surface area (Å²) in [4.78, 5) is 26.7. The summed E-state index contributed by atoms with van der Waals surface area (Å²) in [6, 6.07) is 12.4. The maximum atomic E-state index is 13.5. The summed E-state index contributed by atoms with van der Waals surface area (Å²) in [5.74, 6) is 0.394. The lowest BCUT2D eigenvalue weighted by molar-refractivity contribution is -0.198. The Morgan fingerprint density at radius 2 is 1.97 bits per heavy atom. The topological polar surface area (TPSA) is 106 Å². The van der Waals surface area contributed by atoms with Crippen molar-refractivity contribution >= 4 is 27.8 Å². The second kappa shape index (κ2) is 12.1. The third kappa shape index (κ3) is 6.56. The number of hydrogen-bond donors (Lipinski definition) is 1. The average molecular weight is 552 g/mol. The van der Waals surface area contributed by atoms with E-state index in [0.717, 1.165) is 66.4 Å². The highest BCUT2D eigenvalue weighted by molar-refractivity contribution is 7.90. The number of carbonyl (C=O) groups is 1. The van der Waals surface area contributed by atoms with Crippen LogP contribution in [-0.4, -0.2) is 74.3 Å². The predicted molar refractivity (Wildman–Crippen MR) is 148 cm³/mol. The number of ether oxygens (including phenoxy) is 1. The Labute approximate surface area is 228 Å². The molecule has 2 aliphatic heterocycles. The molecule has 11 heteroatoms. The van der Waals surface area contributed by atoms with Crippen LogP contribution in [0.15, 0.2) is 72.0 Å². The molecule has 0 spiro atoms. The highest BCUT2D eigenvalue weighted by Crippen LogP contribution is 2.31. The van der Waals surface area contributed by atoms with Crippen molar-refractivity contribution in [3.63, 3.8) is 0 Å². The molecule has 1 N–H and O–H groups in total. The molecule has 10 nitrogen and oxygen atoms in total. The van der Waals surface area contributed by atoms with Crippen LogP contribution in [0.25, 0.3) is 17.2 Å². The molecule has 3 aromatic rings. The smallest absolute Gasteiger partial charge is 0.267 e. The van der Waals surface area contributed by atoms with E-state index in [1.165, 1.54) is 24.5 Å². The Morgan fingerprint density at radius 3 is 2.77 bits per heavy atom. The Kier molecular flexibility index (Phi) is 8.41. The second-order valence-electron chi connectivity index (χ2n) is 9.69. The number of anilines is 1. The fraction of sp³-hybridized carbons (Fsp3) is 0.357. The maximum absolute atomic E-state index is 13.5. The van der Waals surface area contributed by atoms with Gasteiger partial charge in [0.25, 0.3) is 15.9 Å². The van der Waals surface area contributed by atoms with Crippen molar-refractivity contribution in [2.24, 2.45) is 0 Å². The summed E-state index contributed by atoms with van der Waals surface area (Å²) in [6.07, 6.45) is 9.77. The van der Waals surface area contributed by atoms with Gasteiger partial charge in [-0.25, -0.2) is 27.7 Å². The van der Waals surface area contributed by atoms with E-state index >= 15 is 0 Å².